The van der Waals surface area contributed by atoms with Gasteiger partial charge >= 0.3 is 0 Å². The molecule has 0 radical (unpaired) electrons. The number of hydrogen-bond donors (Lipinski definition) is 0. The molecule has 3 nitrogen and oxygen atoms in total. The summed E-state index contributed by atoms with van der Waals surface area (Å²) in [5.74, 6) is 0.443. The number of aromatic nitrogens is 2. The van der Waals surface area contributed by atoms with E-state index in [4.69, 9.17) is 5.10 Å². The molecule has 0 bridgehead atoms. The van der Waals surface area contributed by atoms with Crippen molar-refractivity contribution in [3.63, 3.8) is 0 Å². The lowest BCUT2D eigenvalue weighted by Gasteiger charge is -2.21. The van der Waals surface area contributed by atoms with Crippen molar-refractivity contribution in [2.75, 3.05) is 13.6 Å². The zero-order valence-electron chi connectivity index (χ0n) is 12.5. The Morgan fingerprint density at radius 3 is 2.82 bits per heavy atom. The predicted molar refractivity (Wildman–Crippen MR) is 92.7 cm³/mol. The van der Waals surface area contributed by atoms with Crippen LogP contribution in [0.2, 0.25) is 0 Å². The van der Waals surface area contributed by atoms with E-state index in [1.54, 1.807) is 0 Å². The first-order valence-corrected chi connectivity index (χ1v) is 8.42. The summed E-state index contributed by atoms with van der Waals surface area (Å²) in [6.07, 6.45) is 8.75. The highest BCUT2D eigenvalue weighted by Crippen LogP contribution is 2.37. The average Bonchev–Trinajstić information content (AvgIpc) is 3.07. The number of nitrogens with zero attached hydrogens (tertiary/aromatic N) is 3. The number of likely N-dealkylation sites (N-methyl/N-ethyl adjacent to an activating group) is 1. The van der Waals surface area contributed by atoms with E-state index in [0.29, 0.717) is 5.92 Å². The molecule has 0 saturated carbocycles. The maximum absolute atomic E-state index is 4.91. The monoisotopic (exact) mass is 355 g/mol. The van der Waals surface area contributed by atoms with Gasteiger partial charge in [0.2, 0.25) is 0 Å². The van der Waals surface area contributed by atoms with E-state index >= 15 is 0 Å². The van der Waals surface area contributed by atoms with E-state index < -0.39 is 0 Å². The van der Waals surface area contributed by atoms with Crippen LogP contribution in [0.1, 0.15) is 29.2 Å². The number of hydrogen-bond acceptors (Lipinski definition) is 2. The highest BCUT2D eigenvalue weighted by Gasteiger charge is 2.28. The SMILES string of the molecule is CN1C=C(Br)C=C(n2cc3c(n2)C(c2ccccc2)CC3)C1. The molecule has 1 atom stereocenters. The Hall–Kier alpha value is -1.81. The van der Waals surface area contributed by atoms with Crippen LogP contribution >= 0.6 is 15.9 Å². The molecule has 0 saturated heterocycles. The van der Waals surface area contributed by atoms with Gasteiger partial charge in [0.05, 0.1) is 17.9 Å². The number of benzene rings is 1. The fraction of sp³-hybridized carbons (Fsp3) is 0.278. The van der Waals surface area contributed by atoms with E-state index in [1.165, 1.54) is 28.9 Å². The molecular formula is C18H18BrN3. The van der Waals surface area contributed by atoms with Crippen LogP contribution in [0.15, 0.2) is 53.3 Å². The molecular weight excluding hydrogens is 338 g/mol. The molecule has 2 aliphatic rings. The molecule has 1 aliphatic heterocycles. The maximum Gasteiger partial charge on any atom is 0.0735 e. The van der Waals surface area contributed by atoms with Crippen LogP contribution in [0.25, 0.3) is 5.70 Å². The van der Waals surface area contributed by atoms with Gasteiger partial charge in [0.25, 0.3) is 0 Å². The maximum atomic E-state index is 4.91. The molecule has 4 heteroatoms. The Labute approximate surface area is 139 Å². The summed E-state index contributed by atoms with van der Waals surface area (Å²) in [5, 5.41) is 4.91. The molecule has 0 N–H and O–H groups in total. The lowest BCUT2D eigenvalue weighted by atomic mass is 9.97. The Kier molecular flexibility index (Phi) is 3.41. The molecule has 0 amide bonds. The van der Waals surface area contributed by atoms with Crippen molar-refractivity contribution in [1.29, 1.82) is 0 Å². The lowest BCUT2D eigenvalue weighted by Crippen LogP contribution is -2.20. The van der Waals surface area contributed by atoms with Gasteiger partial charge in [0, 0.05) is 29.8 Å². The van der Waals surface area contributed by atoms with Gasteiger partial charge in [-0.15, -0.1) is 0 Å². The summed E-state index contributed by atoms with van der Waals surface area (Å²) in [7, 11) is 2.08. The highest BCUT2D eigenvalue weighted by molar-refractivity contribution is 9.11. The number of aryl methyl sites for hydroxylation is 1. The van der Waals surface area contributed by atoms with Crippen LogP contribution in [0.4, 0.5) is 0 Å². The number of allylic oxidation sites excluding steroid dienone is 2. The van der Waals surface area contributed by atoms with E-state index in [1.807, 2.05) is 0 Å². The second-order valence-corrected chi connectivity index (χ2v) is 6.97. The van der Waals surface area contributed by atoms with Crippen LogP contribution in [-0.2, 0) is 6.42 Å². The highest BCUT2D eigenvalue weighted by atomic mass is 79.9. The second-order valence-electron chi connectivity index (χ2n) is 6.05. The predicted octanol–water partition coefficient (Wildman–Crippen LogP) is 3.98. The van der Waals surface area contributed by atoms with Gasteiger partial charge in [-0.2, -0.15) is 5.10 Å². The molecule has 0 spiro atoms. The minimum atomic E-state index is 0.443. The fourth-order valence-corrected chi connectivity index (χ4v) is 4.01. The molecule has 0 fully saturated rings. The number of fused-ring (bicyclic) bond motifs is 1. The summed E-state index contributed by atoms with van der Waals surface area (Å²) in [6.45, 7) is 0.881. The minimum absolute atomic E-state index is 0.443. The third-order valence-electron chi connectivity index (χ3n) is 4.41. The van der Waals surface area contributed by atoms with E-state index in [9.17, 15) is 0 Å². The average molecular weight is 356 g/mol. The van der Waals surface area contributed by atoms with Gasteiger partial charge in [0.1, 0.15) is 0 Å². The van der Waals surface area contributed by atoms with Crippen LogP contribution < -0.4 is 0 Å². The Balaban J connectivity index is 1.69. The van der Waals surface area contributed by atoms with Gasteiger partial charge < -0.3 is 4.90 Å². The minimum Gasteiger partial charge on any atom is -0.374 e. The standard InChI is InChI=1S/C18H18BrN3/c1-21-11-15(19)9-16(12-21)22-10-14-7-8-17(18(14)20-22)13-5-3-2-4-6-13/h2-6,9-11,17H,7-8,12H2,1H3. The first kappa shape index (κ1) is 13.8. The molecule has 4 rings (SSSR count). The smallest absolute Gasteiger partial charge is 0.0735 e. The van der Waals surface area contributed by atoms with Crippen molar-refractivity contribution < 1.29 is 0 Å². The Morgan fingerprint density at radius 2 is 2.05 bits per heavy atom. The number of halogens is 1. The molecule has 22 heavy (non-hydrogen) atoms. The third-order valence-corrected chi connectivity index (χ3v) is 4.84. The molecule has 1 aliphatic carbocycles. The van der Waals surface area contributed by atoms with Crippen molar-refractivity contribution in [1.82, 2.24) is 14.7 Å². The Morgan fingerprint density at radius 1 is 1.23 bits per heavy atom. The third kappa shape index (κ3) is 2.41. The van der Waals surface area contributed by atoms with Crippen LogP contribution in [0.5, 0.6) is 0 Å². The lowest BCUT2D eigenvalue weighted by molar-refractivity contribution is 0.498. The van der Waals surface area contributed by atoms with E-state index in [0.717, 1.165) is 17.4 Å². The first-order valence-electron chi connectivity index (χ1n) is 7.62. The fourth-order valence-electron chi connectivity index (χ4n) is 3.39. The van der Waals surface area contributed by atoms with Gasteiger partial charge in [-0.1, -0.05) is 30.3 Å². The van der Waals surface area contributed by atoms with Gasteiger partial charge in [-0.3, -0.25) is 0 Å². The topological polar surface area (TPSA) is 21.1 Å². The van der Waals surface area contributed by atoms with Crippen molar-refractivity contribution in [3.8, 4) is 0 Å². The summed E-state index contributed by atoms with van der Waals surface area (Å²) in [5.41, 5.74) is 5.23. The van der Waals surface area contributed by atoms with Crippen molar-refractivity contribution in [3.05, 3.63) is 70.1 Å². The zero-order chi connectivity index (χ0) is 15.1. The van der Waals surface area contributed by atoms with Crippen molar-refractivity contribution in [2.45, 2.75) is 18.8 Å². The Bertz CT molecular complexity index is 758. The van der Waals surface area contributed by atoms with Crippen molar-refractivity contribution >= 4 is 21.6 Å². The van der Waals surface area contributed by atoms with Crippen molar-refractivity contribution in [2.24, 2.45) is 0 Å². The normalized spacial score (nSPS) is 20.6. The van der Waals surface area contributed by atoms with Crippen LogP contribution in [0.3, 0.4) is 0 Å². The molecule has 112 valence electrons. The second kappa shape index (κ2) is 5.43. The molecule has 1 aromatic heterocycles. The summed E-state index contributed by atoms with van der Waals surface area (Å²) in [4.78, 5) is 2.17. The van der Waals surface area contributed by atoms with Gasteiger partial charge in [-0.05, 0) is 46.0 Å². The van der Waals surface area contributed by atoms with E-state index in [-0.39, 0.29) is 0 Å². The molecule has 2 heterocycles. The summed E-state index contributed by atoms with van der Waals surface area (Å²) >= 11 is 3.57. The summed E-state index contributed by atoms with van der Waals surface area (Å²) < 4.78 is 3.15. The van der Waals surface area contributed by atoms with Gasteiger partial charge in [-0.25, -0.2) is 4.68 Å². The van der Waals surface area contributed by atoms with Crippen LogP contribution in [0, 0.1) is 0 Å². The number of rotatable bonds is 2. The zero-order valence-corrected chi connectivity index (χ0v) is 14.1. The molecule has 1 aromatic carbocycles. The molecule has 2 aromatic rings. The largest absolute Gasteiger partial charge is 0.374 e. The molecule has 1 unspecified atom stereocenters. The van der Waals surface area contributed by atoms with Gasteiger partial charge in [0.15, 0.2) is 0 Å². The van der Waals surface area contributed by atoms with Crippen LogP contribution in [-0.4, -0.2) is 28.3 Å². The quantitative estimate of drug-likeness (QED) is 0.812. The first-order chi connectivity index (χ1) is 10.7. The summed E-state index contributed by atoms with van der Waals surface area (Å²) in [6, 6.07) is 10.7. The van der Waals surface area contributed by atoms with E-state index in [2.05, 4.69) is 81.4 Å².